The Kier molecular flexibility index (Phi) is 5.65. The maximum atomic E-state index is 12.7. The Labute approximate surface area is 211 Å². The van der Waals surface area contributed by atoms with Crippen LogP contribution in [0.15, 0.2) is 48.6 Å². The van der Waals surface area contributed by atoms with E-state index in [9.17, 15) is 9.59 Å². The second-order valence-corrected chi connectivity index (χ2v) is 10.2. The van der Waals surface area contributed by atoms with Crippen molar-refractivity contribution in [2.24, 2.45) is 5.92 Å². The minimum absolute atomic E-state index is 0.0283. The first-order valence-electron chi connectivity index (χ1n) is 12.6. The SMILES string of the molecule is COc1ccc(C(=O)CCOC2C=C[C@H]3[C@H]4Cc5ccc(OC(C)=O)c6c5[C@@]3(CCN4C)C2O6)cc1. The van der Waals surface area contributed by atoms with Crippen molar-refractivity contribution in [1.82, 2.24) is 4.90 Å². The number of likely N-dealkylation sites (N-methyl/N-ethyl adjacent to an activating group) is 1. The Bertz CT molecular complexity index is 1240. The number of carbonyl (C=O) groups excluding carboxylic acids is 2. The fourth-order valence-electron chi connectivity index (χ4n) is 6.80. The second-order valence-electron chi connectivity index (χ2n) is 10.2. The van der Waals surface area contributed by atoms with Crippen LogP contribution in [0.4, 0.5) is 0 Å². The molecule has 36 heavy (non-hydrogen) atoms. The van der Waals surface area contributed by atoms with Crippen LogP contribution in [0.3, 0.4) is 0 Å². The predicted molar refractivity (Wildman–Crippen MR) is 133 cm³/mol. The van der Waals surface area contributed by atoms with Gasteiger partial charge in [0.15, 0.2) is 17.3 Å². The van der Waals surface area contributed by atoms with Gasteiger partial charge in [0.05, 0.1) is 13.7 Å². The highest BCUT2D eigenvalue weighted by molar-refractivity contribution is 5.96. The maximum Gasteiger partial charge on any atom is 0.308 e. The Morgan fingerprint density at radius 2 is 1.94 bits per heavy atom. The van der Waals surface area contributed by atoms with Crippen LogP contribution in [-0.2, 0) is 21.4 Å². The largest absolute Gasteiger partial charge is 0.497 e. The normalized spacial score (nSPS) is 29.3. The van der Waals surface area contributed by atoms with Crippen molar-refractivity contribution in [2.45, 2.75) is 49.9 Å². The summed E-state index contributed by atoms with van der Waals surface area (Å²) >= 11 is 0. The van der Waals surface area contributed by atoms with Gasteiger partial charge in [-0.05, 0) is 62.3 Å². The predicted octanol–water partition coefficient (Wildman–Crippen LogP) is 3.72. The molecular weight excluding hydrogens is 458 g/mol. The van der Waals surface area contributed by atoms with Gasteiger partial charge in [-0.15, -0.1) is 0 Å². The number of likely N-dealkylation sites (tertiary alicyclic amines) is 1. The third-order valence-electron chi connectivity index (χ3n) is 8.42. The number of nitrogens with zero attached hydrogens (tertiary/aromatic N) is 1. The molecule has 4 aliphatic rings. The molecule has 0 N–H and O–H groups in total. The van der Waals surface area contributed by atoms with E-state index >= 15 is 0 Å². The maximum absolute atomic E-state index is 12.7. The van der Waals surface area contributed by atoms with Crippen LogP contribution >= 0.6 is 0 Å². The lowest BCUT2D eigenvalue weighted by molar-refractivity contribution is -0.132. The molecule has 0 aromatic heterocycles. The van der Waals surface area contributed by atoms with E-state index in [4.69, 9.17) is 18.9 Å². The van der Waals surface area contributed by atoms with E-state index in [2.05, 4.69) is 30.2 Å². The summed E-state index contributed by atoms with van der Waals surface area (Å²) in [4.78, 5) is 27.0. The first-order chi connectivity index (χ1) is 17.4. The highest BCUT2D eigenvalue weighted by Crippen LogP contribution is 2.62. The summed E-state index contributed by atoms with van der Waals surface area (Å²) in [5, 5.41) is 0. The highest BCUT2D eigenvalue weighted by Gasteiger charge is 2.64. The Balaban J connectivity index is 1.27. The molecule has 1 spiro atoms. The first kappa shape index (κ1) is 23.3. The van der Waals surface area contributed by atoms with Gasteiger partial charge in [0.2, 0.25) is 0 Å². The Morgan fingerprint density at radius 1 is 1.14 bits per heavy atom. The summed E-state index contributed by atoms with van der Waals surface area (Å²) in [6, 6.07) is 11.5. The number of hydrogen-bond donors (Lipinski definition) is 0. The number of ketones is 1. The molecular formula is C29H31NO6. The zero-order valence-corrected chi connectivity index (χ0v) is 20.9. The Hall–Kier alpha value is -3.16. The van der Waals surface area contributed by atoms with Crippen molar-refractivity contribution < 1.29 is 28.5 Å². The smallest absolute Gasteiger partial charge is 0.308 e. The molecule has 1 saturated heterocycles. The third kappa shape index (κ3) is 3.48. The zero-order chi connectivity index (χ0) is 25.0. The number of carbonyl (C=O) groups is 2. The molecule has 2 aliphatic heterocycles. The first-order valence-corrected chi connectivity index (χ1v) is 12.6. The molecule has 2 aromatic carbocycles. The van der Waals surface area contributed by atoms with Crippen LogP contribution in [0.5, 0.6) is 17.2 Å². The van der Waals surface area contributed by atoms with E-state index < -0.39 is 0 Å². The van der Waals surface area contributed by atoms with Crippen molar-refractivity contribution in [2.75, 3.05) is 27.3 Å². The molecule has 2 unspecified atom stereocenters. The molecule has 5 atom stereocenters. The number of ether oxygens (including phenoxy) is 4. The van der Waals surface area contributed by atoms with Gasteiger partial charge in [-0.2, -0.15) is 0 Å². The van der Waals surface area contributed by atoms with Crippen LogP contribution in [0.1, 0.15) is 41.3 Å². The summed E-state index contributed by atoms with van der Waals surface area (Å²) in [6.07, 6.45) is 6.04. The monoisotopic (exact) mass is 489 g/mol. The fourth-order valence-corrected chi connectivity index (χ4v) is 6.80. The number of methoxy groups -OCH3 is 1. The van der Waals surface area contributed by atoms with Crippen LogP contribution in [-0.4, -0.2) is 62.2 Å². The quantitative estimate of drug-likeness (QED) is 0.254. The molecule has 0 radical (unpaired) electrons. The molecule has 188 valence electrons. The van der Waals surface area contributed by atoms with Crippen molar-refractivity contribution in [1.29, 1.82) is 0 Å². The molecule has 0 amide bonds. The summed E-state index contributed by atoms with van der Waals surface area (Å²) < 4.78 is 23.7. The van der Waals surface area contributed by atoms with E-state index in [-0.39, 0.29) is 35.8 Å². The topological polar surface area (TPSA) is 74.3 Å². The standard InChI is InChI=1S/C29H31NO6/c1-17(31)35-24-10-6-19-16-22-21-9-11-25(28-29(21,13-14-30(22)2)26(19)27(24)36-28)34-15-12-23(32)18-4-7-20(33-3)8-5-18/h4-11,21-22,25,28H,12-16H2,1-3H3/t21-,22+,25?,28?,29-/m0/s1. The van der Waals surface area contributed by atoms with E-state index in [1.807, 2.05) is 6.07 Å². The van der Waals surface area contributed by atoms with Gasteiger partial charge in [-0.3, -0.25) is 9.59 Å². The van der Waals surface area contributed by atoms with Crippen molar-refractivity contribution >= 4 is 11.8 Å². The van der Waals surface area contributed by atoms with E-state index in [1.54, 1.807) is 31.4 Å². The van der Waals surface area contributed by atoms with Gasteiger partial charge in [0.1, 0.15) is 18.0 Å². The van der Waals surface area contributed by atoms with Gasteiger partial charge >= 0.3 is 5.97 Å². The van der Waals surface area contributed by atoms with E-state index in [1.165, 1.54) is 18.1 Å². The molecule has 2 aromatic rings. The van der Waals surface area contributed by atoms with E-state index in [0.717, 1.165) is 25.1 Å². The lowest BCUT2D eigenvalue weighted by Crippen LogP contribution is -2.65. The molecule has 6 rings (SSSR count). The zero-order valence-electron chi connectivity index (χ0n) is 20.9. The second kappa shape index (κ2) is 8.75. The molecule has 0 saturated carbocycles. The van der Waals surface area contributed by atoms with Crippen molar-refractivity contribution in [3.8, 4) is 17.2 Å². The van der Waals surface area contributed by atoms with Crippen LogP contribution < -0.4 is 14.2 Å². The fraction of sp³-hybridized carbons (Fsp3) is 0.448. The molecule has 2 bridgehead atoms. The van der Waals surface area contributed by atoms with Gasteiger partial charge < -0.3 is 23.8 Å². The Morgan fingerprint density at radius 3 is 2.69 bits per heavy atom. The van der Waals surface area contributed by atoms with Crippen LogP contribution in [0, 0.1) is 5.92 Å². The number of benzene rings is 2. The lowest BCUT2D eigenvalue weighted by atomic mass is 9.53. The number of hydrogen-bond acceptors (Lipinski definition) is 7. The highest BCUT2D eigenvalue weighted by atomic mass is 16.6. The molecule has 1 fully saturated rings. The summed E-state index contributed by atoms with van der Waals surface area (Å²) in [7, 11) is 3.80. The number of piperidine rings is 1. The minimum Gasteiger partial charge on any atom is -0.497 e. The number of rotatable bonds is 7. The van der Waals surface area contributed by atoms with Crippen molar-refractivity contribution in [3.05, 3.63) is 65.2 Å². The van der Waals surface area contributed by atoms with Gasteiger partial charge in [0.25, 0.3) is 0 Å². The summed E-state index contributed by atoms with van der Waals surface area (Å²) in [5.41, 5.74) is 2.87. The molecule has 2 aliphatic carbocycles. The average molecular weight is 490 g/mol. The summed E-state index contributed by atoms with van der Waals surface area (Å²) in [6.45, 7) is 2.67. The third-order valence-corrected chi connectivity index (χ3v) is 8.42. The van der Waals surface area contributed by atoms with Gasteiger partial charge in [-0.1, -0.05) is 18.2 Å². The molecule has 2 heterocycles. The van der Waals surface area contributed by atoms with Crippen LogP contribution in [0.25, 0.3) is 0 Å². The molecule has 7 nitrogen and oxygen atoms in total. The summed E-state index contributed by atoms with van der Waals surface area (Å²) in [5.74, 6) is 1.85. The average Bonchev–Trinajstić information content (AvgIpc) is 3.23. The number of Topliss-reactive ketones (excluding diaryl/α,β-unsaturated/α-hetero) is 1. The number of esters is 1. The van der Waals surface area contributed by atoms with Crippen LogP contribution in [0.2, 0.25) is 0 Å². The van der Waals surface area contributed by atoms with E-state index in [0.29, 0.717) is 35.6 Å². The minimum atomic E-state index is -0.362. The van der Waals surface area contributed by atoms with Crippen molar-refractivity contribution in [3.63, 3.8) is 0 Å². The van der Waals surface area contributed by atoms with Gasteiger partial charge in [0, 0.05) is 41.8 Å². The lowest BCUT2D eigenvalue weighted by Gasteiger charge is -2.56. The molecule has 7 heteroatoms. The van der Waals surface area contributed by atoms with Gasteiger partial charge in [-0.25, -0.2) is 0 Å².